The number of fused-ring (bicyclic) bond motifs is 1. The normalized spacial score (nSPS) is 24.4. The zero-order valence-electron chi connectivity index (χ0n) is 11.2. The van der Waals surface area contributed by atoms with E-state index in [-0.39, 0.29) is 17.2 Å². The molecule has 0 radical (unpaired) electrons. The second kappa shape index (κ2) is 4.80. The van der Waals surface area contributed by atoms with Crippen LogP contribution in [0.15, 0.2) is 41.8 Å². The van der Waals surface area contributed by atoms with Gasteiger partial charge in [0.05, 0.1) is 0 Å². The molecular formula is C16H18FI. The summed E-state index contributed by atoms with van der Waals surface area (Å²) in [5.74, 6) is 0.144. The summed E-state index contributed by atoms with van der Waals surface area (Å²) >= 11 is 2.33. The minimum Gasteiger partial charge on any atom is -0.207 e. The van der Waals surface area contributed by atoms with Gasteiger partial charge in [-0.05, 0) is 58.9 Å². The van der Waals surface area contributed by atoms with Gasteiger partial charge in [-0.25, -0.2) is 4.39 Å². The van der Waals surface area contributed by atoms with Crippen LogP contribution in [0.4, 0.5) is 4.39 Å². The molecule has 2 heteroatoms. The number of halogens is 2. The quantitative estimate of drug-likeness (QED) is 0.584. The molecule has 0 saturated carbocycles. The predicted octanol–water partition coefficient (Wildman–Crippen LogP) is 5.49. The van der Waals surface area contributed by atoms with Gasteiger partial charge < -0.3 is 0 Å². The molecule has 0 nitrogen and oxygen atoms in total. The van der Waals surface area contributed by atoms with E-state index in [9.17, 15) is 4.39 Å². The van der Waals surface area contributed by atoms with Crippen molar-refractivity contribution in [2.75, 3.05) is 0 Å². The number of benzene rings is 1. The highest BCUT2D eigenvalue weighted by atomic mass is 127. The minimum atomic E-state index is -0.146. The molecular weight excluding hydrogens is 338 g/mol. The Labute approximate surface area is 122 Å². The first-order valence-electron chi connectivity index (χ1n) is 6.21. The molecule has 0 N–H and O–H groups in total. The maximum Gasteiger partial charge on any atom is 0.118 e. The van der Waals surface area contributed by atoms with E-state index in [1.54, 1.807) is 13.0 Å². The zero-order valence-corrected chi connectivity index (χ0v) is 13.4. The molecule has 1 atom stereocenters. The first-order chi connectivity index (χ1) is 8.37. The molecule has 0 fully saturated rings. The van der Waals surface area contributed by atoms with Crippen molar-refractivity contribution in [2.45, 2.75) is 39.0 Å². The summed E-state index contributed by atoms with van der Waals surface area (Å²) in [6.07, 6.45) is 3.22. The van der Waals surface area contributed by atoms with Crippen LogP contribution in [-0.4, -0.2) is 0 Å². The smallest absolute Gasteiger partial charge is 0.118 e. The van der Waals surface area contributed by atoms with Crippen molar-refractivity contribution in [1.29, 1.82) is 0 Å². The SMILES string of the molecule is C/C=C(F)\C=C1/C(C)c2ccc(I)cc2C1(C)C. The van der Waals surface area contributed by atoms with Crippen molar-refractivity contribution in [1.82, 2.24) is 0 Å². The van der Waals surface area contributed by atoms with Gasteiger partial charge in [-0.1, -0.05) is 38.5 Å². The van der Waals surface area contributed by atoms with Crippen LogP contribution in [0.1, 0.15) is 44.7 Å². The standard InChI is InChI=1S/C16H18FI/c1-5-11(17)8-14-10(2)13-7-6-12(18)9-15(13)16(14,3)4/h5-10H,1-4H3/b11-5+,14-8+. The summed E-state index contributed by atoms with van der Waals surface area (Å²) < 4.78 is 14.8. The van der Waals surface area contributed by atoms with Crippen LogP contribution in [0, 0.1) is 3.57 Å². The molecule has 0 heterocycles. The molecule has 0 aromatic heterocycles. The Morgan fingerprint density at radius 3 is 2.67 bits per heavy atom. The first-order valence-corrected chi connectivity index (χ1v) is 7.29. The Morgan fingerprint density at radius 2 is 2.06 bits per heavy atom. The van der Waals surface area contributed by atoms with Gasteiger partial charge in [-0.3, -0.25) is 0 Å². The fourth-order valence-corrected chi connectivity index (χ4v) is 3.34. The Morgan fingerprint density at radius 1 is 1.39 bits per heavy atom. The number of rotatable bonds is 1. The summed E-state index contributed by atoms with van der Waals surface area (Å²) in [6, 6.07) is 6.53. The van der Waals surface area contributed by atoms with Crippen LogP contribution in [0.2, 0.25) is 0 Å². The van der Waals surface area contributed by atoms with E-state index in [1.165, 1.54) is 20.8 Å². The maximum atomic E-state index is 13.6. The molecule has 1 aromatic carbocycles. The molecule has 96 valence electrons. The van der Waals surface area contributed by atoms with Crippen molar-refractivity contribution in [3.8, 4) is 0 Å². The van der Waals surface area contributed by atoms with E-state index < -0.39 is 0 Å². The van der Waals surface area contributed by atoms with Gasteiger partial charge in [0.25, 0.3) is 0 Å². The lowest BCUT2D eigenvalue weighted by atomic mass is 9.81. The lowest BCUT2D eigenvalue weighted by Gasteiger charge is -2.23. The average Bonchev–Trinajstić information content (AvgIpc) is 2.50. The fourth-order valence-electron chi connectivity index (χ4n) is 2.85. The summed E-state index contributed by atoms with van der Waals surface area (Å²) in [5.41, 5.74) is 3.73. The molecule has 1 unspecified atom stereocenters. The lowest BCUT2D eigenvalue weighted by Crippen LogP contribution is -2.16. The van der Waals surface area contributed by atoms with Crippen LogP contribution in [0.3, 0.4) is 0 Å². The highest BCUT2D eigenvalue weighted by Crippen LogP contribution is 2.50. The molecule has 2 rings (SSSR count). The van der Waals surface area contributed by atoms with Gasteiger partial charge in [-0.2, -0.15) is 0 Å². The molecule has 1 aliphatic carbocycles. The van der Waals surface area contributed by atoms with Crippen LogP contribution in [0.25, 0.3) is 0 Å². The van der Waals surface area contributed by atoms with Crippen molar-refractivity contribution >= 4 is 22.6 Å². The second-order valence-electron chi connectivity index (χ2n) is 5.35. The van der Waals surface area contributed by atoms with Gasteiger partial charge in [-0.15, -0.1) is 0 Å². The van der Waals surface area contributed by atoms with Crippen molar-refractivity contribution in [3.05, 3.63) is 56.4 Å². The molecule has 18 heavy (non-hydrogen) atoms. The van der Waals surface area contributed by atoms with Crippen LogP contribution < -0.4 is 0 Å². The lowest BCUT2D eigenvalue weighted by molar-refractivity contribution is 0.608. The summed E-state index contributed by atoms with van der Waals surface area (Å²) in [6.45, 7) is 8.25. The molecule has 0 bridgehead atoms. The van der Waals surface area contributed by atoms with Gasteiger partial charge >= 0.3 is 0 Å². The zero-order chi connectivity index (χ0) is 13.5. The molecule has 0 amide bonds. The Bertz CT molecular complexity index is 538. The van der Waals surface area contributed by atoms with Gasteiger partial charge in [0, 0.05) is 14.9 Å². The maximum absolute atomic E-state index is 13.6. The number of hydrogen-bond donors (Lipinski definition) is 0. The van der Waals surface area contributed by atoms with Gasteiger partial charge in [0.15, 0.2) is 0 Å². The van der Waals surface area contributed by atoms with Crippen LogP contribution in [0.5, 0.6) is 0 Å². The van der Waals surface area contributed by atoms with Crippen molar-refractivity contribution < 1.29 is 4.39 Å². The molecule has 0 saturated heterocycles. The fraction of sp³-hybridized carbons (Fsp3) is 0.375. The van der Waals surface area contributed by atoms with Crippen LogP contribution >= 0.6 is 22.6 Å². The largest absolute Gasteiger partial charge is 0.207 e. The second-order valence-corrected chi connectivity index (χ2v) is 6.60. The van der Waals surface area contributed by atoms with E-state index >= 15 is 0 Å². The molecule has 1 aliphatic rings. The molecule has 0 aliphatic heterocycles. The topological polar surface area (TPSA) is 0 Å². The first kappa shape index (κ1) is 13.8. The summed E-state index contributed by atoms with van der Waals surface area (Å²) in [5, 5.41) is 0. The summed E-state index contributed by atoms with van der Waals surface area (Å²) in [7, 11) is 0. The predicted molar refractivity (Wildman–Crippen MR) is 83.5 cm³/mol. The Balaban J connectivity index is 2.61. The van der Waals surface area contributed by atoms with Crippen molar-refractivity contribution in [3.63, 3.8) is 0 Å². The van der Waals surface area contributed by atoms with E-state index in [2.05, 4.69) is 61.6 Å². The third-order valence-electron chi connectivity index (χ3n) is 3.91. The van der Waals surface area contributed by atoms with Crippen molar-refractivity contribution in [2.24, 2.45) is 0 Å². The van der Waals surface area contributed by atoms with E-state index in [1.807, 2.05) is 0 Å². The monoisotopic (exact) mass is 356 g/mol. The van der Waals surface area contributed by atoms with E-state index in [4.69, 9.17) is 0 Å². The Hall–Kier alpha value is -0.640. The number of allylic oxidation sites excluding steroid dienone is 4. The highest BCUT2D eigenvalue weighted by molar-refractivity contribution is 14.1. The van der Waals surface area contributed by atoms with Crippen LogP contribution in [-0.2, 0) is 5.41 Å². The van der Waals surface area contributed by atoms with Gasteiger partial charge in [0.1, 0.15) is 5.83 Å². The molecule has 0 spiro atoms. The number of hydrogen-bond acceptors (Lipinski definition) is 0. The molecule has 1 aromatic rings. The minimum absolute atomic E-state index is 0.0870. The third-order valence-corrected chi connectivity index (χ3v) is 4.58. The third kappa shape index (κ3) is 2.15. The van der Waals surface area contributed by atoms with E-state index in [0.717, 1.165) is 5.57 Å². The van der Waals surface area contributed by atoms with E-state index in [0.29, 0.717) is 0 Å². The Kier molecular flexibility index (Phi) is 3.67. The summed E-state index contributed by atoms with van der Waals surface area (Å²) in [4.78, 5) is 0. The highest BCUT2D eigenvalue weighted by Gasteiger charge is 2.39. The van der Waals surface area contributed by atoms with Gasteiger partial charge in [0.2, 0.25) is 0 Å². The average molecular weight is 356 g/mol.